The van der Waals surface area contributed by atoms with Crippen LogP contribution < -0.4 is 22.7 Å². The number of carbonyl (C=O) groups excluding carboxylic acids is 1. The molecule has 3 N–H and O–H groups in total. The van der Waals surface area contributed by atoms with E-state index in [0.29, 0.717) is 6.61 Å². The maximum Gasteiger partial charge on any atom is 0.632 e. The zero-order chi connectivity index (χ0) is 5.28. The molecule has 0 amide bonds. The SMILES string of the molecule is [Br-].[NH3+]C1CCOC1=[O+]. The molecule has 0 aromatic rings. The molecule has 1 atom stereocenters. The minimum Gasteiger partial charge on any atom is -1.00 e. The number of hydrogen-bond donors (Lipinski definition) is 1. The van der Waals surface area contributed by atoms with Crippen LogP contribution in [0.4, 0.5) is 0 Å². The monoisotopic (exact) mass is 181 g/mol. The predicted molar refractivity (Wildman–Crippen MR) is 22.3 cm³/mol. The van der Waals surface area contributed by atoms with Gasteiger partial charge in [0.15, 0.2) is 6.61 Å². The second kappa shape index (κ2) is 3.04. The summed E-state index contributed by atoms with van der Waals surface area (Å²) in [5.41, 5.74) is 3.54. The van der Waals surface area contributed by atoms with Gasteiger partial charge in [0, 0.05) is 0 Å². The molecular formula is C4H8BrNO2+. The van der Waals surface area contributed by atoms with E-state index in [0.717, 1.165) is 6.42 Å². The maximum atomic E-state index is 10.3. The number of halogens is 1. The van der Waals surface area contributed by atoms with Gasteiger partial charge >= 0.3 is 5.97 Å². The molecule has 8 heavy (non-hydrogen) atoms. The topological polar surface area (TPSA) is 56.8 Å². The van der Waals surface area contributed by atoms with Crippen molar-refractivity contribution in [3.8, 4) is 0 Å². The Bertz CT molecular complexity index is 96.0. The van der Waals surface area contributed by atoms with Crippen LogP contribution in [0.1, 0.15) is 6.42 Å². The molecule has 0 saturated carbocycles. The smallest absolute Gasteiger partial charge is 0.632 e. The average Bonchev–Trinajstić information content (AvgIpc) is 1.91. The molecule has 1 unspecified atom stereocenters. The quantitative estimate of drug-likeness (QED) is 0.303. The van der Waals surface area contributed by atoms with Gasteiger partial charge in [-0.05, 0) is 0 Å². The number of cyclic esters (lactones) is 1. The van der Waals surface area contributed by atoms with E-state index >= 15 is 0 Å². The number of ether oxygens (including phenoxy) is 1. The molecule has 1 rings (SSSR count). The summed E-state index contributed by atoms with van der Waals surface area (Å²) in [6.45, 7) is 0.562. The third-order valence-corrected chi connectivity index (χ3v) is 1.04. The number of hydrogen-bond acceptors (Lipinski definition) is 2. The minimum absolute atomic E-state index is 0. The van der Waals surface area contributed by atoms with Crippen LogP contribution in [0.5, 0.6) is 0 Å². The van der Waals surface area contributed by atoms with Crippen LogP contribution in [0.15, 0.2) is 0 Å². The van der Waals surface area contributed by atoms with Crippen molar-refractivity contribution >= 4 is 5.97 Å². The first-order chi connectivity index (χ1) is 3.30. The van der Waals surface area contributed by atoms with E-state index in [1.807, 2.05) is 0 Å². The van der Waals surface area contributed by atoms with Crippen LogP contribution in [-0.4, -0.2) is 18.6 Å². The van der Waals surface area contributed by atoms with Crippen molar-refractivity contribution in [2.24, 2.45) is 0 Å². The van der Waals surface area contributed by atoms with Crippen molar-refractivity contribution in [1.82, 2.24) is 0 Å². The van der Waals surface area contributed by atoms with Gasteiger partial charge in [-0.25, -0.2) is 0 Å². The van der Waals surface area contributed by atoms with E-state index in [9.17, 15) is 4.79 Å². The van der Waals surface area contributed by atoms with Crippen molar-refractivity contribution < 1.29 is 32.2 Å². The summed E-state index contributed by atoms with van der Waals surface area (Å²) in [5.74, 6) is -0.153. The Labute approximate surface area is 58.0 Å². The molecule has 0 aromatic carbocycles. The summed E-state index contributed by atoms with van der Waals surface area (Å²) in [7, 11) is 0. The van der Waals surface area contributed by atoms with E-state index in [4.69, 9.17) is 0 Å². The van der Waals surface area contributed by atoms with Crippen LogP contribution in [0.2, 0.25) is 0 Å². The van der Waals surface area contributed by atoms with Crippen molar-refractivity contribution in [3.63, 3.8) is 0 Å². The van der Waals surface area contributed by atoms with Gasteiger partial charge < -0.3 is 27.5 Å². The third-order valence-electron chi connectivity index (χ3n) is 1.04. The standard InChI is InChI=1S/C4H7NO2.BrH/c5-3-1-2-7-4(3)6;/h3H,1-2,5H2;1H/q+1;. The second-order valence-electron chi connectivity index (χ2n) is 1.65. The van der Waals surface area contributed by atoms with Gasteiger partial charge in [0.2, 0.25) is 0 Å². The lowest BCUT2D eigenvalue weighted by Crippen LogP contribution is -3.00. The van der Waals surface area contributed by atoms with E-state index in [2.05, 4.69) is 10.5 Å². The van der Waals surface area contributed by atoms with Gasteiger partial charge in [-0.15, -0.1) is 0 Å². The van der Waals surface area contributed by atoms with Crippen LogP contribution >= 0.6 is 0 Å². The van der Waals surface area contributed by atoms with E-state index in [1.54, 1.807) is 0 Å². The van der Waals surface area contributed by atoms with E-state index in [1.165, 1.54) is 0 Å². The Morgan fingerprint density at radius 3 is 2.50 bits per heavy atom. The predicted octanol–water partition coefficient (Wildman–Crippen LogP) is -4.45. The maximum absolute atomic E-state index is 10.3. The Morgan fingerprint density at radius 2 is 2.38 bits per heavy atom. The highest BCUT2D eigenvalue weighted by atomic mass is 79.9. The van der Waals surface area contributed by atoms with E-state index in [-0.39, 0.29) is 29.0 Å². The Hall–Kier alpha value is -0.0900. The van der Waals surface area contributed by atoms with Crippen molar-refractivity contribution in [2.45, 2.75) is 12.5 Å². The third kappa shape index (κ3) is 1.45. The summed E-state index contributed by atoms with van der Waals surface area (Å²) < 4.78 is 4.56. The zero-order valence-corrected chi connectivity index (χ0v) is 5.98. The number of esters is 1. The normalized spacial score (nSPS) is 26.6. The van der Waals surface area contributed by atoms with Crippen molar-refractivity contribution in [3.05, 3.63) is 0 Å². The fraction of sp³-hybridized carbons (Fsp3) is 0.750. The van der Waals surface area contributed by atoms with Gasteiger partial charge in [0.05, 0.1) is 11.2 Å². The molecule has 1 fully saturated rings. The van der Waals surface area contributed by atoms with Gasteiger partial charge in [-0.3, -0.25) is 0 Å². The lowest BCUT2D eigenvalue weighted by molar-refractivity contribution is -0.401. The molecule has 1 saturated heterocycles. The molecule has 3 nitrogen and oxygen atoms in total. The highest BCUT2D eigenvalue weighted by Crippen LogP contribution is 1.99. The molecule has 0 bridgehead atoms. The summed E-state index contributed by atoms with van der Waals surface area (Å²) in [6.07, 6.45) is 0.791. The molecule has 1 aliphatic heterocycles. The summed E-state index contributed by atoms with van der Waals surface area (Å²) in [6, 6.07) is -0.0972. The fourth-order valence-corrected chi connectivity index (χ4v) is 0.537. The Kier molecular flexibility index (Phi) is 3.01. The summed E-state index contributed by atoms with van der Waals surface area (Å²) in [4.78, 5) is 10.3. The molecular weight excluding hydrogens is 174 g/mol. The fourth-order valence-electron chi connectivity index (χ4n) is 0.537. The highest BCUT2D eigenvalue weighted by molar-refractivity contribution is 5.75. The average molecular weight is 182 g/mol. The zero-order valence-electron chi connectivity index (χ0n) is 4.39. The molecule has 1 heterocycles. The molecule has 47 valence electrons. The summed E-state index contributed by atoms with van der Waals surface area (Å²) in [5, 5.41) is 0. The van der Waals surface area contributed by atoms with Crippen LogP contribution in [0.3, 0.4) is 0 Å². The highest BCUT2D eigenvalue weighted by Gasteiger charge is 2.38. The van der Waals surface area contributed by atoms with Gasteiger partial charge in [-0.1, -0.05) is 0 Å². The molecule has 0 spiro atoms. The number of quaternary nitrogens is 1. The Balaban J connectivity index is 0.000000490. The van der Waals surface area contributed by atoms with Crippen LogP contribution in [-0.2, 0) is 9.53 Å². The minimum atomic E-state index is -0.153. The molecule has 1 aliphatic rings. The largest absolute Gasteiger partial charge is 1.00 e. The molecule has 1 radical (unpaired) electrons. The van der Waals surface area contributed by atoms with Gasteiger partial charge in [0.25, 0.3) is 6.04 Å². The molecule has 4 heteroatoms. The van der Waals surface area contributed by atoms with Crippen molar-refractivity contribution in [1.29, 1.82) is 0 Å². The van der Waals surface area contributed by atoms with Gasteiger partial charge in [0.1, 0.15) is 0 Å². The first-order valence-corrected chi connectivity index (χ1v) is 2.30. The lowest BCUT2D eigenvalue weighted by Gasteiger charge is -1.74. The number of carbonyl (C=O) groups is 1. The van der Waals surface area contributed by atoms with Crippen molar-refractivity contribution in [2.75, 3.05) is 6.61 Å². The molecule has 0 aromatic heterocycles. The number of rotatable bonds is 0. The molecule has 0 aliphatic carbocycles. The van der Waals surface area contributed by atoms with Crippen LogP contribution in [0.25, 0.3) is 0 Å². The second-order valence-corrected chi connectivity index (χ2v) is 1.65. The van der Waals surface area contributed by atoms with Gasteiger partial charge in [-0.2, -0.15) is 0 Å². The summed E-state index contributed by atoms with van der Waals surface area (Å²) >= 11 is 0. The lowest BCUT2D eigenvalue weighted by atomic mass is 10.3. The first kappa shape index (κ1) is 7.91. The Morgan fingerprint density at radius 1 is 1.75 bits per heavy atom. The van der Waals surface area contributed by atoms with Crippen LogP contribution in [0, 0.1) is 0 Å². The first-order valence-electron chi connectivity index (χ1n) is 2.30. The van der Waals surface area contributed by atoms with E-state index < -0.39 is 0 Å².